The van der Waals surface area contributed by atoms with E-state index in [0.29, 0.717) is 10.3 Å². The molecular formula is C11H15ClN2S. The molecule has 4 heteroatoms. The summed E-state index contributed by atoms with van der Waals surface area (Å²) < 4.78 is 0. The van der Waals surface area contributed by atoms with Gasteiger partial charge in [0.15, 0.2) is 0 Å². The number of halogens is 1. The minimum absolute atomic E-state index is 0.0725. The fraction of sp³-hybridized carbons (Fsp3) is 0.364. The molecule has 0 heterocycles. The first-order chi connectivity index (χ1) is 7.04. The molecule has 0 saturated heterocycles. The second-order valence-electron chi connectivity index (χ2n) is 3.39. The Morgan fingerprint density at radius 2 is 2.27 bits per heavy atom. The normalized spacial score (nSPS) is 12.5. The smallest absolute Gasteiger partial charge is 0.123 e. The molecule has 0 aliphatic rings. The predicted molar refractivity (Wildman–Crippen MR) is 68.1 cm³/mol. The van der Waals surface area contributed by atoms with Crippen LogP contribution < -0.4 is 5.73 Å². The summed E-state index contributed by atoms with van der Waals surface area (Å²) in [4.78, 5) is 1.03. The van der Waals surface area contributed by atoms with Gasteiger partial charge in [-0.05, 0) is 24.6 Å². The van der Waals surface area contributed by atoms with E-state index in [1.165, 1.54) is 0 Å². The standard InChI is InChI=1S/C11H15ClN2S/c1-3-7(2)15-10-5-4-8(12)6-9(10)11(13)14/h4-7H,3H2,1-2H3,(H3,13,14). The molecule has 0 saturated carbocycles. The van der Waals surface area contributed by atoms with E-state index in [-0.39, 0.29) is 5.84 Å². The molecule has 0 amide bonds. The molecule has 0 spiro atoms. The predicted octanol–water partition coefficient (Wildman–Crippen LogP) is 3.51. The van der Waals surface area contributed by atoms with Crippen molar-refractivity contribution in [2.24, 2.45) is 5.73 Å². The van der Waals surface area contributed by atoms with Gasteiger partial charge >= 0.3 is 0 Å². The maximum Gasteiger partial charge on any atom is 0.123 e. The Kier molecular flexibility index (Phi) is 4.48. The minimum Gasteiger partial charge on any atom is -0.384 e. The van der Waals surface area contributed by atoms with Gasteiger partial charge in [0.05, 0.1) is 0 Å². The highest BCUT2D eigenvalue weighted by atomic mass is 35.5. The van der Waals surface area contributed by atoms with Gasteiger partial charge in [-0.2, -0.15) is 0 Å². The van der Waals surface area contributed by atoms with Gasteiger partial charge in [-0.25, -0.2) is 0 Å². The average molecular weight is 243 g/mol. The first-order valence-corrected chi connectivity index (χ1v) is 6.11. The minimum atomic E-state index is 0.0725. The molecule has 1 atom stereocenters. The van der Waals surface area contributed by atoms with Gasteiger partial charge in [-0.1, -0.05) is 25.4 Å². The molecule has 3 N–H and O–H groups in total. The maximum atomic E-state index is 7.48. The molecule has 1 rings (SSSR count). The molecule has 1 aromatic carbocycles. The number of nitrogens with one attached hydrogen (secondary N) is 1. The van der Waals surface area contributed by atoms with Gasteiger partial charge in [0.2, 0.25) is 0 Å². The van der Waals surface area contributed by atoms with Crippen LogP contribution in [-0.4, -0.2) is 11.1 Å². The molecule has 2 nitrogen and oxygen atoms in total. The number of nitrogen functional groups attached to an aromatic ring is 1. The summed E-state index contributed by atoms with van der Waals surface area (Å²) in [7, 11) is 0. The summed E-state index contributed by atoms with van der Waals surface area (Å²) in [5.41, 5.74) is 6.24. The SMILES string of the molecule is CCC(C)Sc1ccc(Cl)cc1C(=N)N. The van der Waals surface area contributed by atoms with Crippen molar-refractivity contribution in [2.45, 2.75) is 30.4 Å². The van der Waals surface area contributed by atoms with Gasteiger partial charge < -0.3 is 5.73 Å². The van der Waals surface area contributed by atoms with E-state index in [1.807, 2.05) is 12.1 Å². The molecule has 0 aliphatic heterocycles. The summed E-state index contributed by atoms with van der Waals surface area (Å²) in [6, 6.07) is 5.50. The first kappa shape index (κ1) is 12.4. The van der Waals surface area contributed by atoms with Crippen molar-refractivity contribution in [1.82, 2.24) is 0 Å². The number of benzene rings is 1. The van der Waals surface area contributed by atoms with Crippen molar-refractivity contribution in [3.63, 3.8) is 0 Å². The second kappa shape index (κ2) is 5.42. The Balaban J connectivity index is 3.01. The van der Waals surface area contributed by atoms with Crippen LogP contribution in [0.4, 0.5) is 0 Å². The summed E-state index contributed by atoms with van der Waals surface area (Å²) >= 11 is 7.60. The van der Waals surface area contributed by atoms with E-state index in [2.05, 4.69) is 13.8 Å². The molecule has 0 aromatic heterocycles. The summed E-state index contributed by atoms with van der Waals surface area (Å²) in [5.74, 6) is 0.0725. The summed E-state index contributed by atoms with van der Waals surface area (Å²) in [5, 5.41) is 8.62. The van der Waals surface area contributed by atoms with E-state index >= 15 is 0 Å². The lowest BCUT2D eigenvalue weighted by atomic mass is 10.2. The van der Waals surface area contributed by atoms with Gasteiger partial charge in [-0.15, -0.1) is 11.8 Å². The van der Waals surface area contributed by atoms with Crippen LogP contribution in [0.25, 0.3) is 0 Å². The third kappa shape index (κ3) is 3.43. The van der Waals surface area contributed by atoms with Crippen molar-refractivity contribution in [3.05, 3.63) is 28.8 Å². The van der Waals surface area contributed by atoms with Gasteiger partial charge in [0.1, 0.15) is 5.84 Å². The topological polar surface area (TPSA) is 49.9 Å². The van der Waals surface area contributed by atoms with Crippen LogP contribution in [0.5, 0.6) is 0 Å². The second-order valence-corrected chi connectivity index (χ2v) is 5.31. The van der Waals surface area contributed by atoms with Crippen LogP contribution in [0.2, 0.25) is 5.02 Å². The quantitative estimate of drug-likeness (QED) is 0.482. The zero-order chi connectivity index (χ0) is 11.4. The number of nitrogens with two attached hydrogens (primary N) is 1. The Morgan fingerprint density at radius 1 is 1.60 bits per heavy atom. The van der Waals surface area contributed by atoms with Crippen LogP contribution >= 0.6 is 23.4 Å². The van der Waals surface area contributed by atoms with E-state index in [9.17, 15) is 0 Å². The molecule has 0 fully saturated rings. The molecule has 82 valence electrons. The third-order valence-electron chi connectivity index (χ3n) is 2.13. The Bertz CT molecular complexity index is 366. The number of thioether (sulfide) groups is 1. The van der Waals surface area contributed by atoms with Crippen molar-refractivity contribution < 1.29 is 0 Å². The van der Waals surface area contributed by atoms with Crippen LogP contribution in [0.1, 0.15) is 25.8 Å². The molecule has 1 aromatic rings. The highest BCUT2D eigenvalue weighted by molar-refractivity contribution is 8.00. The average Bonchev–Trinajstić information content (AvgIpc) is 2.20. The van der Waals surface area contributed by atoms with Crippen LogP contribution in [-0.2, 0) is 0 Å². The largest absolute Gasteiger partial charge is 0.384 e. The maximum absolute atomic E-state index is 7.48. The van der Waals surface area contributed by atoms with Crippen molar-refractivity contribution in [2.75, 3.05) is 0 Å². The first-order valence-electron chi connectivity index (χ1n) is 4.85. The van der Waals surface area contributed by atoms with Crippen molar-refractivity contribution in [1.29, 1.82) is 5.41 Å². The van der Waals surface area contributed by atoms with Crippen LogP contribution in [0.3, 0.4) is 0 Å². The van der Waals surface area contributed by atoms with E-state index in [4.69, 9.17) is 22.7 Å². The van der Waals surface area contributed by atoms with Gasteiger partial charge in [0.25, 0.3) is 0 Å². The highest BCUT2D eigenvalue weighted by Crippen LogP contribution is 2.29. The van der Waals surface area contributed by atoms with E-state index < -0.39 is 0 Å². The van der Waals surface area contributed by atoms with Gasteiger partial charge in [0, 0.05) is 20.7 Å². The molecular weight excluding hydrogens is 228 g/mol. The lowest BCUT2D eigenvalue weighted by Crippen LogP contribution is -2.12. The molecule has 0 bridgehead atoms. The number of hydrogen-bond acceptors (Lipinski definition) is 2. The number of hydrogen-bond donors (Lipinski definition) is 2. The summed E-state index contributed by atoms with van der Waals surface area (Å²) in [6.07, 6.45) is 1.09. The fourth-order valence-electron chi connectivity index (χ4n) is 1.12. The Morgan fingerprint density at radius 3 is 2.80 bits per heavy atom. The molecule has 1 unspecified atom stereocenters. The zero-order valence-electron chi connectivity index (χ0n) is 8.88. The highest BCUT2D eigenvalue weighted by Gasteiger charge is 2.09. The molecule has 15 heavy (non-hydrogen) atoms. The van der Waals surface area contributed by atoms with E-state index in [1.54, 1.807) is 17.8 Å². The third-order valence-corrected chi connectivity index (χ3v) is 3.72. The summed E-state index contributed by atoms with van der Waals surface area (Å²) in [6.45, 7) is 4.30. The molecule has 0 radical (unpaired) electrons. The van der Waals surface area contributed by atoms with E-state index in [0.717, 1.165) is 16.9 Å². The lowest BCUT2D eigenvalue weighted by Gasteiger charge is -2.12. The van der Waals surface area contributed by atoms with Crippen molar-refractivity contribution in [3.8, 4) is 0 Å². The van der Waals surface area contributed by atoms with Crippen molar-refractivity contribution >= 4 is 29.2 Å². The van der Waals surface area contributed by atoms with Crippen LogP contribution in [0, 0.1) is 5.41 Å². The van der Waals surface area contributed by atoms with Gasteiger partial charge in [-0.3, -0.25) is 5.41 Å². The zero-order valence-corrected chi connectivity index (χ0v) is 10.5. The number of amidine groups is 1. The Hall–Kier alpha value is -0.670. The monoisotopic (exact) mass is 242 g/mol. The van der Waals surface area contributed by atoms with Crippen LogP contribution in [0.15, 0.2) is 23.1 Å². The Labute approximate surface area is 99.7 Å². The lowest BCUT2D eigenvalue weighted by molar-refractivity contribution is 0.905. The fourth-order valence-corrected chi connectivity index (χ4v) is 2.33. The number of rotatable bonds is 4. The molecule has 0 aliphatic carbocycles.